The molecule has 0 bridgehead atoms. The van der Waals surface area contributed by atoms with E-state index >= 15 is 0 Å². The van der Waals surface area contributed by atoms with E-state index < -0.39 is 10.2 Å². The number of hydrogen-bond donors (Lipinski definition) is 1. The molecule has 6 heteroatoms. The molecule has 2 heterocycles. The van der Waals surface area contributed by atoms with Gasteiger partial charge in [-0.05, 0) is 19.3 Å². The van der Waals surface area contributed by atoms with E-state index in [1.807, 2.05) is 0 Å². The monoisotopic (exact) mass is 220 g/mol. The fraction of sp³-hybridized carbons (Fsp3) is 1.00. The van der Waals surface area contributed by atoms with Crippen LogP contribution in [0.4, 0.5) is 0 Å². The lowest BCUT2D eigenvalue weighted by atomic mass is 10.1. The van der Waals surface area contributed by atoms with Gasteiger partial charge >= 0.3 is 0 Å². The maximum Gasteiger partial charge on any atom is 0.279 e. The number of hydrogen-bond acceptors (Lipinski definition) is 3. The molecule has 0 spiro atoms. The van der Waals surface area contributed by atoms with E-state index in [4.69, 9.17) is 4.74 Å². The Morgan fingerprint density at radius 1 is 1.29 bits per heavy atom. The quantitative estimate of drug-likeness (QED) is 0.711. The van der Waals surface area contributed by atoms with Gasteiger partial charge in [0.2, 0.25) is 0 Å². The molecule has 2 aliphatic heterocycles. The van der Waals surface area contributed by atoms with Crippen molar-refractivity contribution >= 4 is 10.2 Å². The van der Waals surface area contributed by atoms with Gasteiger partial charge in [-0.25, -0.2) is 0 Å². The highest BCUT2D eigenvalue weighted by molar-refractivity contribution is 7.87. The number of nitrogens with zero attached hydrogens (tertiary/aromatic N) is 1. The summed E-state index contributed by atoms with van der Waals surface area (Å²) in [6.45, 7) is 2.57. The first-order valence-corrected chi connectivity index (χ1v) is 6.48. The molecule has 1 N–H and O–H groups in total. The zero-order chi connectivity index (χ0) is 10.0. The van der Waals surface area contributed by atoms with Crippen LogP contribution in [0.2, 0.25) is 0 Å². The van der Waals surface area contributed by atoms with E-state index in [2.05, 4.69) is 4.72 Å². The third kappa shape index (κ3) is 2.25. The van der Waals surface area contributed by atoms with E-state index in [0.29, 0.717) is 19.7 Å². The molecule has 0 aliphatic carbocycles. The number of nitrogens with one attached hydrogen (secondary N) is 1. The Morgan fingerprint density at radius 2 is 2.07 bits per heavy atom. The molecule has 0 aromatic carbocycles. The second-order valence-corrected chi connectivity index (χ2v) is 5.49. The number of ether oxygens (including phenoxy) is 1. The van der Waals surface area contributed by atoms with Crippen LogP contribution in [0.15, 0.2) is 0 Å². The van der Waals surface area contributed by atoms with E-state index in [1.54, 1.807) is 0 Å². The highest BCUT2D eigenvalue weighted by atomic mass is 32.2. The van der Waals surface area contributed by atoms with Crippen LogP contribution in [-0.2, 0) is 14.9 Å². The Morgan fingerprint density at radius 3 is 2.57 bits per heavy atom. The van der Waals surface area contributed by atoms with Gasteiger partial charge < -0.3 is 4.74 Å². The Kier molecular flexibility index (Phi) is 3.06. The van der Waals surface area contributed by atoms with Crippen molar-refractivity contribution in [3.8, 4) is 0 Å². The molecular formula is C8H16N2O3S. The SMILES string of the molecule is O=S(=O)(N[C@@H]1CCCOC1)N1CCC1. The van der Waals surface area contributed by atoms with Crippen LogP contribution in [0.25, 0.3) is 0 Å². The summed E-state index contributed by atoms with van der Waals surface area (Å²) in [5.41, 5.74) is 0. The van der Waals surface area contributed by atoms with Crippen LogP contribution < -0.4 is 4.72 Å². The van der Waals surface area contributed by atoms with Crippen molar-refractivity contribution in [1.29, 1.82) is 0 Å². The second-order valence-electron chi connectivity index (χ2n) is 3.79. The van der Waals surface area contributed by atoms with E-state index in [1.165, 1.54) is 4.31 Å². The summed E-state index contributed by atoms with van der Waals surface area (Å²) in [6, 6.07) is -0.0330. The van der Waals surface area contributed by atoms with Crippen LogP contribution in [-0.4, -0.2) is 45.1 Å². The molecule has 0 aromatic heterocycles. The fourth-order valence-corrected chi connectivity index (χ4v) is 3.14. The van der Waals surface area contributed by atoms with Crippen LogP contribution in [0.5, 0.6) is 0 Å². The summed E-state index contributed by atoms with van der Waals surface area (Å²) in [7, 11) is -3.22. The smallest absolute Gasteiger partial charge is 0.279 e. The third-order valence-corrected chi connectivity index (χ3v) is 4.31. The van der Waals surface area contributed by atoms with Crippen molar-refractivity contribution in [3.05, 3.63) is 0 Å². The van der Waals surface area contributed by atoms with Gasteiger partial charge in [0, 0.05) is 25.7 Å². The molecule has 2 fully saturated rings. The van der Waals surface area contributed by atoms with Gasteiger partial charge in [-0.3, -0.25) is 0 Å². The summed E-state index contributed by atoms with van der Waals surface area (Å²) in [5, 5.41) is 0. The first kappa shape index (κ1) is 10.4. The lowest BCUT2D eigenvalue weighted by Crippen LogP contribution is -2.52. The fourth-order valence-electron chi connectivity index (χ4n) is 1.65. The summed E-state index contributed by atoms with van der Waals surface area (Å²) >= 11 is 0. The Hall–Kier alpha value is -0.170. The maximum atomic E-state index is 11.6. The third-order valence-electron chi connectivity index (χ3n) is 2.63. The van der Waals surface area contributed by atoms with Gasteiger partial charge in [0.05, 0.1) is 6.61 Å². The van der Waals surface area contributed by atoms with Gasteiger partial charge in [0.25, 0.3) is 10.2 Å². The average molecular weight is 220 g/mol. The van der Waals surface area contributed by atoms with Gasteiger partial charge in [-0.2, -0.15) is 17.4 Å². The van der Waals surface area contributed by atoms with Crippen molar-refractivity contribution in [2.75, 3.05) is 26.3 Å². The van der Waals surface area contributed by atoms with Gasteiger partial charge in [0.15, 0.2) is 0 Å². The zero-order valence-electron chi connectivity index (χ0n) is 8.11. The van der Waals surface area contributed by atoms with Crippen LogP contribution >= 0.6 is 0 Å². The zero-order valence-corrected chi connectivity index (χ0v) is 8.92. The normalized spacial score (nSPS) is 29.9. The highest BCUT2D eigenvalue weighted by Gasteiger charge is 2.30. The molecule has 0 unspecified atom stereocenters. The van der Waals surface area contributed by atoms with Crippen LogP contribution in [0.3, 0.4) is 0 Å². The van der Waals surface area contributed by atoms with Crippen LogP contribution in [0, 0.1) is 0 Å². The van der Waals surface area contributed by atoms with Crippen LogP contribution in [0.1, 0.15) is 19.3 Å². The Bertz CT molecular complexity index is 281. The summed E-state index contributed by atoms with van der Waals surface area (Å²) in [4.78, 5) is 0. The van der Waals surface area contributed by atoms with Crippen molar-refractivity contribution in [2.45, 2.75) is 25.3 Å². The standard InChI is InChI=1S/C8H16N2O3S/c11-14(12,10-4-2-5-10)9-8-3-1-6-13-7-8/h8-9H,1-7H2/t8-/m1/s1. The topological polar surface area (TPSA) is 58.6 Å². The van der Waals surface area contributed by atoms with Gasteiger partial charge in [-0.15, -0.1) is 0 Å². The molecule has 2 aliphatic rings. The molecule has 1 atom stereocenters. The predicted octanol–water partition coefficient (Wildman–Crippen LogP) is -0.294. The summed E-state index contributed by atoms with van der Waals surface area (Å²) < 4.78 is 32.6. The minimum absolute atomic E-state index is 0.0330. The maximum absolute atomic E-state index is 11.6. The summed E-state index contributed by atoms with van der Waals surface area (Å²) in [5.74, 6) is 0. The van der Waals surface area contributed by atoms with Crippen molar-refractivity contribution < 1.29 is 13.2 Å². The molecule has 0 amide bonds. The molecule has 0 aromatic rings. The van der Waals surface area contributed by atoms with E-state index in [-0.39, 0.29) is 6.04 Å². The molecule has 82 valence electrons. The van der Waals surface area contributed by atoms with E-state index in [0.717, 1.165) is 25.9 Å². The summed E-state index contributed by atoms with van der Waals surface area (Å²) in [6.07, 6.45) is 2.79. The molecule has 0 radical (unpaired) electrons. The van der Waals surface area contributed by atoms with Crippen molar-refractivity contribution in [1.82, 2.24) is 9.03 Å². The first-order chi connectivity index (χ1) is 6.68. The van der Waals surface area contributed by atoms with Crippen molar-refractivity contribution in [2.24, 2.45) is 0 Å². The molecule has 0 saturated carbocycles. The van der Waals surface area contributed by atoms with Gasteiger partial charge in [-0.1, -0.05) is 0 Å². The minimum atomic E-state index is -3.22. The Balaban J connectivity index is 1.88. The molecule has 2 rings (SSSR count). The highest BCUT2D eigenvalue weighted by Crippen LogP contribution is 2.13. The minimum Gasteiger partial charge on any atom is -0.380 e. The average Bonchev–Trinajstić information content (AvgIpc) is 2.00. The molecule has 5 nitrogen and oxygen atoms in total. The van der Waals surface area contributed by atoms with Crippen molar-refractivity contribution in [3.63, 3.8) is 0 Å². The second kappa shape index (κ2) is 4.14. The largest absolute Gasteiger partial charge is 0.380 e. The lowest BCUT2D eigenvalue weighted by molar-refractivity contribution is 0.0765. The predicted molar refractivity (Wildman–Crippen MR) is 52.1 cm³/mol. The van der Waals surface area contributed by atoms with Gasteiger partial charge in [0.1, 0.15) is 0 Å². The number of rotatable bonds is 3. The molecular weight excluding hydrogens is 204 g/mol. The Labute approximate surface area is 84.6 Å². The lowest BCUT2D eigenvalue weighted by Gasteiger charge is -2.32. The molecule has 14 heavy (non-hydrogen) atoms. The molecule has 2 saturated heterocycles. The first-order valence-electron chi connectivity index (χ1n) is 5.04. The van der Waals surface area contributed by atoms with E-state index in [9.17, 15) is 8.42 Å².